The molecule has 1 aromatic heterocycles. The van der Waals surface area contributed by atoms with E-state index in [1.54, 1.807) is 0 Å². The van der Waals surface area contributed by atoms with Crippen LogP contribution in [0.15, 0.2) is 29.2 Å². The maximum Gasteiger partial charge on any atom is 0.341 e. The van der Waals surface area contributed by atoms with E-state index < -0.39 is 21.9 Å². The summed E-state index contributed by atoms with van der Waals surface area (Å²) in [5, 5.41) is 3.34. The van der Waals surface area contributed by atoms with E-state index in [4.69, 9.17) is 4.74 Å². The minimum Gasteiger partial charge on any atom is -0.465 e. The van der Waals surface area contributed by atoms with Gasteiger partial charge in [0.05, 0.1) is 35.5 Å². The standard InChI is InChI=1S/C24H33N3O5S2/c1-5-8-14-27(7-3)34(30,31)18-11-9-17(10-12-18)22(28)25-23-21(24(29)32-4)19-13-15-26(6-2)16-20(19)33-23/h9-12H,5-8,13-16H2,1-4H3,(H,25,28)/p+1. The number of ether oxygens (including phenoxy) is 1. The van der Waals surface area contributed by atoms with Crippen LogP contribution in [0.25, 0.3) is 0 Å². The summed E-state index contributed by atoms with van der Waals surface area (Å²) in [6, 6.07) is 5.93. The highest BCUT2D eigenvalue weighted by atomic mass is 32.2. The summed E-state index contributed by atoms with van der Waals surface area (Å²) in [5.41, 5.74) is 1.70. The topological polar surface area (TPSA) is 97.2 Å². The minimum atomic E-state index is -3.62. The highest BCUT2D eigenvalue weighted by molar-refractivity contribution is 7.89. The molecule has 0 fully saturated rings. The van der Waals surface area contributed by atoms with E-state index in [1.165, 1.54) is 51.9 Å². The molecule has 2 aromatic rings. The van der Waals surface area contributed by atoms with Crippen molar-refractivity contribution in [2.75, 3.05) is 38.6 Å². The summed E-state index contributed by atoms with van der Waals surface area (Å²) >= 11 is 1.41. The quantitative estimate of drug-likeness (QED) is 0.481. The second-order valence-corrected chi connectivity index (χ2v) is 11.4. The molecule has 1 aliphatic heterocycles. The zero-order valence-corrected chi connectivity index (χ0v) is 21.9. The zero-order chi connectivity index (χ0) is 24.9. The molecule has 10 heteroatoms. The third-order valence-electron chi connectivity index (χ3n) is 6.21. The van der Waals surface area contributed by atoms with Gasteiger partial charge in [-0.1, -0.05) is 20.3 Å². The number of rotatable bonds is 10. The molecular formula is C24H34N3O5S2+. The summed E-state index contributed by atoms with van der Waals surface area (Å²) in [4.78, 5) is 28.2. The number of methoxy groups -OCH3 is 1. The van der Waals surface area contributed by atoms with Crippen molar-refractivity contribution in [2.24, 2.45) is 0 Å². The van der Waals surface area contributed by atoms with E-state index >= 15 is 0 Å². The number of benzene rings is 1. The molecule has 0 aliphatic carbocycles. The molecule has 186 valence electrons. The van der Waals surface area contributed by atoms with Gasteiger partial charge in [0.25, 0.3) is 5.91 Å². The highest BCUT2D eigenvalue weighted by Crippen LogP contribution is 2.35. The number of anilines is 1. The number of hydrogen-bond donors (Lipinski definition) is 2. The number of carbonyl (C=O) groups excluding carboxylic acids is 2. The summed E-state index contributed by atoms with van der Waals surface area (Å²) in [5.74, 6) is -0.855. The van der Waals surface area contributed by atoms with Crippen LogP contribution in [0, 0.1) is 0 Å². The van der Waals surface area contributed by atoms with Gasteiger partial charge in [-0.15, -0.1) is 11.3 Å². The Morgan fingerprint density at radius 1 is 1.18 bits per heavy atom. The van der Waals surface area contributed by atoms with Crippen LogP contribution in [0.3, 0.4) is 0 Å². The fourth-order valence-electron chi connectivity index (χ4n) is 4.13. The van der Waals surface area contributed by atoms with Crippen molar-refractivity contribution in [3.8, 4) is 0 Å². The normalized spacial score (nSPS) is 15.7. The van der Waals surface area contributed by atoms with Gasteiger partial charge in [0.15, 0.2) is 0 Å². The molecule has 34 heavy (non-hydrogen) atoms. The van der Waals surface area contributed by atoms with Crippen molar-refractivity contribution >= 4 is 38.2 Å². The maximum absolute atomic E-state index is 13.0. The third kappa shape index (κ3) is 5.51. The van der Waals surface area contributed by atoms with Crippen LogP contribution in [0.4, 0.5) is 5.00 Å². The van der Waals surface area contributed by atoms with E-state index in [1.807, 2.05) is 13.8 Å². The Morgan fingerprint density at radius 2 is 1.88 bits per heavy atom. The van der Waals surface area contributed by atoms with E-state index in [2.05, 4.69) is 12.2 Å². The molecule has 1 aromatic carbocycles. The lowest BCUT2D eigenvalue weighted by atomic mass is 10.0. The smallest absolute Gasteiger partial charge is 0.341 e. The molecule has 0 saturated heterocycles. The Morgan fingerprint density at radius 3 is 2.47 bits per heavy atom. The SMILES string of the molecule is CCCCN(CC)S(=O)(=O)c1ccc(C(=O)Nc2sc3c(c2C(=O)OC)CC[NH+](CC)C3)cc1. The summed E-state index contributed by atoms with van der Waals surface area (Å²) < 4.78 is 32.3. The predicted molar refractivity (Wildman–Crippen MR) is 133 cm³/mol. The molecule has 0 saturated carbocycles. The number of quaternary nitrogens is 1. The number of thiophene rings is 1. The van der Waals surface area contributed by atoms with Crippen molar-refractivity contribution in [2.45, 2.75) is 51.5 Å². The van der Waals surface area contributed by atoms with Crippen molar-refractivity contribution < 1.29 is 27.6 Å². The maximum atomic E-state index is 13.0. The van der Waals surface area contributed by atoms with Crippen molar-refractivity contribution in [1.29, 1.82) is 0 Å². The molecule has 1 unspecified atom stereocenters. The zero-order valence-electron chi connectivity index (χ0n) is 20.3. The first-order valence-electron chi connectivity index (χ1n) is 11.7. The van der Waals surface area contributed by atoms with Crippen LogP contribution in [0.1, 0.15) is 64.8 Å². The largest absolute Gasteiger partial charge is 0.465 e. The second kappa shape index (κ2) is 11.4. The number of fused-ring (bicyclic) bond motifs is 1. The van der Waals surface area contributed by atoms with Gasteiger partial charge < -0.3 is 15.0 Å². The van der Waals surface area contributed by atoms with E-state index in [0.717, 1.165) is 49.3 Å². The summed E-state index contributed by atoms with van der Waals surface area (Å²) in [6.07, 6.45) is 2.45. The molecule has 1 amide bonds. The van der Waals surface area contributed by atoms with Crippen LogP contribution in [-0.4, -0.2) is 57.9 Å². The first-order valence-corrected chi connectivity index (χ1v) is 14.0. The van der Waals surface area contributed by atoms with Gasteiger partial charge in [-0.3, -0.25) is 4.79 Å². The van der Waals surface area contributed by atoms with E-state index in [9.17, 15) is 18.0 Å². The number of nitrogens with zero attached hydrogens (tertiary/aromatic N) is 1. The molecule has 2 heterocycles. The Hall–Kier alpha value is -2.27. The van der Waals surface area contributed by atoms with Gasteiger partial charge in [0.1, 0.15) is 11.5 Å². The number of esters is 1. The Bertz CT molecular complexity index is 1130. The average Bonchev–Trinajstić information content (AvgIpc) is 3.20. The van der Waals surface area contributed by atoms with Crippen molar-refractivity contribution in [1.82, 2.24) is 4.31 Å². The minimum absolute atomic E-state index is 0.159. The van der Waals surface area contributed by atoms with E-state index in [-0.39, 0.29) is 4.90 Å². The van der Waals surface area contributed by atoms with Crippen LogP contribution < -0.4 is 10.2 Å². The molecule has 2 N–H and O–H groups in total. The number of carbonyl (C=O) groups is 2. The Balaban J connectivity index is 1.83. The fourth-order valence-corrected chi connectivity index (χ4v) is 6.92. The van der Waals surface area contributed by atoms with Gasteiger partial charge in [-0.25, -0.2) is 13.2 Å². The second-order valence-electron chi connectivity index (χ2n) is 8.31. The molecule has 1 atom stereocenters. The van der Waals surface area contributed by atoms with Crippen LogP contribution in [-0.2, 0) is 27.7 Å². The van der Waals surface area contributed by atoms with Crippen LogP contribution in [0.2, 0.25) is 0 Å². The lowest BCUT2D eigenvalue weighted by Gasteiger charge is -2.22. The average molecular weight is 509 g/mol. The molecule has 0 radical (unpaired) electrons. The molecule has 3 rings (SSSR count). The van der Waals surface area contributed by atoms with Crippen LogP contribution >= 0.6 is 11.3 Å². The molecule has 0 bridgehead atoms. The predicted octanol–water partition coefficient (Wildman–Crippen LogP) is 2.56. The first-order chi connectivity index (χ1) is 16.3. The van der Waals surface area contributed by atoms with Gasteiger partial charge in [-0.2, -0.15) is 4.31 Å². The summed E-state index contributed by atoms with van der Waals surface area (Å²) in [7, 11) is -2.28. The third-order valence-corrected chi connectivity index (χ3v) is 9.35. The van der Waals surface area contributed by atoms with Crippen molar-refractivity contribution in [3.05, 3.63) is 45.8 Å². The molecule has 0 spiro atoms. The van der Waals surface area contributed by atoms with Gasteiger partial charge in [0.2, 0.25) is 10.0 Å². The number of likely N-dealkylation sites (N-methyl/N-ethyl adjacent to an activating group) is 1. The number of unbranched alkanes of at least 4 members (excludes halogenated alkanes) is 1. The number of amides is 1. The van der Waals surface area contributed by atoms with Gasteiger partial charge >= 0.3 is 5.97 Å². The molecule has 1 aliphatic rings. The Labute approximate surface area is 205 Å². The number of hydrogen-bond acceptors (Lipinski definition) is 6. The highest BCUT2D eigenvalue weighted by Gasteiger charge is 2.31. The number of sulfonamides is 1. The lowest BCUT2D eigenvalue weighted by molar-refractivity contribution is -0.913. The monoisotopic (exact) mass is 508 g/mol. The molecule has 8 nitrogen and oxygen atoms in total. The van der Waals surface area contributed by atoms with Crippen molar-refractivity contribution in [3.63, 3.8) is 0 Å². The lowest BCUT2D eigenvalue weighted by Crippen LogP contribution is -3.11. The summed E-state index contributed by atoms with van der Waals surface area (Å²) in [6.45, 7) is 9.56. The number of nitrogens with one attached hydrogen (secondary N) is 2. The fraction of sp³-hybridized carbons (Fsp3) is 0.500. The van der Waals surface area contributed by atoms with Crippen LogP contribution in [0.5, 0.6) is 0 Å². The van der Waals surface area contributed by atoms with Gasteiger partial charge in [0, 0.05) is 25.1 Å². The Kier molecular flexibility index (Phi) is 8.86. The first kappa shape index (κ1) is 26.3. The van der Waals surface area contributed by atoms with E-state index in [0.29, 0.717) is 29.2 Å². The molecular weight excluding hydrogens is 474 g/mol. The van der Waals surface area contributed by atoms with Gasteiger partial charge in [-0.05, 0) is 43.2 Å².